The van der Waals surface area contributed by atoms with Gasteiger partial charge in [0.2, 0.25) is 5.91 Å². The van der Waals surface area contributed by atoms with Crippen molar-refractivity contribution in [2.45, 2.75) is 45.7 Å². The van der Waals surface area contributed by atoms with Crippen LogP contribution < -0.4 is 15.8 Å². The fourth-order valence-electron chi connectivity index (χ4n) is 2.25. The van der Waals surface area contributed by atoms with Crippen molar-refractivity contribution in [3.05, 3.63) is 29.8 Å². The Morgan fingerprint density at radius 2 is 2.00 bits per heavy atom. The van der Waals surface area contributed by atoms with Crippen LogP contribution in [-0.4, -0.2) is 19.1 Å². The van der Waals surface area contributed by atoms with E-state index >= 15 is 0 Å². The zero-order valence-electron chi connectivity index (χ0n) is 12.8. The summed E-state index contributed by atoms with van der Waals surface area (Å²) in [5.41, 5.74) is 6.92. The number of rotatable bonds is 7. The minimum atomic E-state index is -0.459. The van der Waals surface area contributed by atoms with Crippen molar-refractivity contribution >= 4 is 5.91 Å². The van der Waals surface area contributed by atoms with Crippen LogP contribution in [0.15, 0.2) is 24.3 Å². The van der Waals surface area contributed by atoms with Gasteiger partial charge in [-0.25, -0.2) is 0 Å². The average Bonchev–Trinajstić information content (AvgIpc) is 2.43. The molecule has 1 rings (SSSR count). The zero-order chi connectivity index (χ0) is 15.1. The maximum Gasteiger partial charge on any atom is 0.237 e. The molecule has 0 aliphatic carbocycles. The first kappa shape index (κ1) is 16.5. The Morgan fingerprint density at radius 1 is 1.35 bits per heavy atom. The van der Waals surface area contributed by atoms with Gasteiger partial charge in [0.1, 0.15) is 5.75 Å². The van der Waals surface area contributed by atoms with Gasteiger partial charge in [-0.05, 0) is 24.8 Å². The lowest BCUT2D eigenvalue weighted by atomic mass is 10.0. The summed E-state index contributed by atoms with van der Waals surface area (Å²) in [6.45, 7) is 6.15. The number of ether oxygens (including phenoxy) is 1. The van der Waals surface area contributed by atoms with Crippen molar-refractivity contribution in [2.75, 3.05) is 7.11 Å². The van der Waals surface area contributed by atoms with E-state index in [0.717, 1.165) is 17.7 Å². The van der Waals surface area contributed by atoms with E-state index in [2.05, 4.69) is 19.2 Å². The molecule has 1 aromatic rings. The molecule has 4 heteroatoms. The van der Waals surface area contributed by atoms with Crippen molar-refractivity contribution in [3.8, 4) is 5.75 Å². The fraction of sp³-hybridized carbons (Fsp3) is 0.562. The average molecular weight is 278 g/mol. The molecule has 0 heterocycles. The first-order chi connectivity index (χ1) is 9.49. The molecule has 0 aliphatic rings. The number of nitrogens with one attached hydrogen (secondary N) is 1. The highest BCUT2D eigenvalue weighted by Gasteiger charge is 2.20. The first-order valence-corrected chi connectivity index (χ1v) is 7.18. The maximum atomic E-state index is 12.1. The molecule has 0 fully saturated rings. The van der Waals surface area contributed by atoms with Crippen LogP contribution in [0.5, 0.6) is 5.75 Å². The lowest BCUT2D eigenvalue weighted by Gasteiger charge is -2.22. The molecular weight excluding hydrogens is 252 g/mol. The Hall–Kier alpha value is -1.55. The second kappa shape index (κ2) is 7.90. The van der Waals surface area contributed by atoms with Crippen LogP contribution in [0.3, 0.4) is 0 Å². The van der Waals surface area contributed by atoms with Crippen LogP contribution in [0.1, 0.15) is 45.2 Å². The molecule has 4 nitrogen and oxygen atoms in total. The number of carbonyl (C=O) groups excluding carboxylic acids is 1. The SMILES string of the molecule is CCC(NC(=O)[C@@H](N)CC(C)C)c1ccccc1OC. The smallest absolute Gasteiger partial charge is 0.237 e. The van der Waals surface area contributed by atoms with Gasteiger partial charge in [0.15, 0.2) is 0 Å². The number of methoxy groups -OCH3 is 1. The molecule has 1 aromatic carbocycles. The van der Waals surface area contributed by atoms with E-state index in [-0.39, 0.29) is 11.9 Å². The Kier molecular flexibility index (Phi) is 6.52. The minimum absolute atomic E-state index is 0.0723. The Labute approximate surface area is 121 Å². The van der Waals surface area contributed by atoms with Crippen LogP contribution in [0.25, 0.3) is 0 Å². The third-order valence-corrected chi connectivity index (χ3v) is 3.30. The van der Waals surface area contributed by atoms with Crippen molar-refractivity contribution < 1.29 is 9.53 Å². The quantitative estimate of drug-likeness (QED) is 0.806. The van der Waals surface area contributed by atoms with E-state index in [1.54, 1.807) is 7.11 Å². The first-order valence-electron chi connectivity index (χ1n) is 7.18. The van der Waals surface area contributed by atoms with Crippen LogP contribution in [0.2, 0.25) is 0 Å². The third-order valence-electron chi connectivity index (χ3n) is 3.30. The second-order valence-corrected chi connectivity index (χ2v) is 5.45. The molecule has 0 bridgehead atoms. The molecule has 3 N–H and O–H groups in total. The summed E-state index contributed by atoms with van der Waals surface area (Å²) in [4.78, 5) is 12.1. The van der Waals surface area contributed by atoms with Gasteiger partial charge in [-0.1, -0.05) is 39.0 Å². The Bertz CT molecular complexity index is 432. The molecule has 1 amide bonds. The molecule has 1 unspecified atom stereocenters. The Balaban J connectivity index is 2.79. The number of para-hydroxylation sites is 1. The van der Waals surface area contributed by atoms with E-state index in [9.17, 15) is 4.79 Å². The number of carbonyl (C=O) groups is 1. The van der Waals surface area contributed by atoms with Gasteiger partial charge in [-0.15, -0.1) is 0 Å². The van der Waals surface area contributed by atoms with Gasteiger partial charge in [-0.2, -0.15) is 0 Å². The molecule has 0 saturated heterocycles. The number of benzene rings is 1. The monoisotopic (exact) mass is 278 g/mol. The molecule has 0 radical (unpaired) electrons. The number of hydrogen-bond donors (Lipinski definition) is 2. The van der Waals surface area contributed by atoms with Crippen LogP contribution >= 0.6 is 0 Å². The van der Waals surface area contributed by atoms with E-state index in [1.807, 2.05) is 31.2 Å². The molecule has 0 spiro atoms. The normalized spacial score (nSPS) is 13.9. The highest BCUT2D eigenvalue weighted by atomic mass is 16.5. The summed E-state index contributed by atoms with van der Waals surface area (Å²) < 4.78 is 5.35. The Morgan fingerprint density at radius 3 is 2.55 bits per heavy atom. The number of hydrogen-bond acceptors (Lipinski definition) is 3. The molecule has 0 saturated carbocycles. The summed E-state index contributed by atoms with van der Waals surface area (Å²) in [5, 5.41) is 3.02. The molecule has 0 aromatic heterocycles. The lowest BCUT2D eigenvalue weighted by Crippen LogP contribution is -2.42. The minimum Gasteiger partial charge on any atom is -0.496 e. The fourth-order valence-corrected chi connectivity index (χ4v) is 2.25. The summed E-state index contributed by atoms with van der Waals surface area (Å²) in [6, 6.07) is 7.21. The molecule has 20 heavy (non-hydrogen) atoms. The van der Waals surface area contributed by atoms with Crippen molar-refractivity contribution in [2.24, 2.45) is 11.7 Å². The molecule has 112 valence electrons. The summed E-state index contributed by atoms with van der Waals surface area (Å²) >= 11 is 0. The predicted octanol–water partition coefficient (Wildman–Crippen LogP) is 2.64. The van der Waals surface area contributed by atoms with E-state index in [0.29, 0.717) is 12.3 Å². The second-order valence-electron chi connectivity index (χ2n) is 5.45. The van der Waals surface area contributed by atoms with E-state index in [1.165, 1.54) is 0 Å². The van der Waals surface area contributed by atoms with Crippen LogP contribution in [-0.2, 0) is 4.79 Å². The predicted molar refractivity (Wildman–Crippen MR) is 81.6 cm³/mol. The van der Waals surface area contributed by atoms with Crippen molar-refractivity contribution in [1.29, 1.82) is 0 Å². The van der Waals surface area contributed by atoms with Gasteiger partial charge >= 0.3 is 0 Å². The van der Waals surface area contributed by atoms with Gasteiger partial charge < -0.3 is 15.8 Å². The molecule has 0 aliphatic heterocycles. The van der Waals surface area contributed by atoms with Gasteiger partial charge in [0.05, 0.1) is 19.2 Å². The summed E-state index contributed by atoms with van der Waals surface area (Å²) in [5.74, 6) is 1.09. The zero-order valence-corrected chi connectivity index (χ0v) is 12.8. The standard InChI is InChI=1S/C16H26N2O2/c1-5-14(12-8-6-7-9-15(12)20-4)18-16(19)13(17)10-11(2)3/h6-9,11,13-14H,5,10,17H2,1-4H3,(H,18,19)/t13-,14?/m0/s1. The summed E-state index contributed by atoms with van der Waals surface area (Å²) in [7, 11) is 1.64. The maximum absolute atomic E-state index is 12.1. The number of amides is 1. The van der Waals surface area contributed by atoms with Gasteiger partial charge in [0.25, 0.3) is 0 Å². The van der Waals surface area contributed by atoms with Crippen LogP contribution in [0, 0.1) is 5.92 Å². The lowest BCUT2D eigenvalue weighted by molar-refractivity contribution is -0.123. The van der Waals surface area contributed by atoms with Gasteiger partial charge in [0, 0.05) is 5.56 Å². The highest BCUT2D eigenvalue weighted by Crippen LogP contribution is 2.26. The number of nitrogens with two attached hydrogens (primary N) is 1. The highest BCUT2D eigenvalue weighted by molar-refractivity contribution is 5.82. The molecular formula is C16H26N2O2. The molecule has 2 atom stereocenters. The largest absolute Gasteiger partial charge is 0.496 e. The van der Waals surface area contributed by atoms with Gasteiger partial charge in [-0.3, -0.25) is 4.79 Å². The van der Waals surface area contributed by atoms with E-state index in [4.69, 9.17) is 10.5 Å². The van der Waals surface area contributed by atoms with Crippen LogP contribution in [0.4, 0.5) is 0 Å². The van der Waals surface area contributed by atoms with Crippen molar-refractivity contribution in [3.63, 3.8) is 0 Å². The summed E-state index contributed by atoms with van der Waals surface area (Å²) in [6.07, 6.45) is 1.48. The topological polar surface area (TPSA) is 64.4 Å². The van der Waals surface area contributed by atoms with E-state index < -0.39 is 6.04 Å². The third kappa shape index (κ3) is 4.53. The van der Waals surface area contributed by atoms with Crippen molar-refractivity contribution in [1.82, 2.24) is 5.32 Å².